The fourth-order valence-corrected chi connectivity index (χ4v) is 4.68. The fraction of sp³-hybridized carbons (Fsp3) is 0.357. The van der Waals surface area contributed by atoms with E-state index in [1.54, 1.807) is 18.3 Å². The number of aliphatic hydroxyl groups is 1. The third-order valence-corrected chi connectivity index (χ3v) is 7.14. The Morgan fingerprint density at radius 2 is 1.51 bits per heavy atom. The van der Waals surface area contributed by atoms with Gasteiger partial charge in [0.25, 0.3) is 0 Å². The molecule has 220 valence electrons. The van der Waals surface area contributed by atoms with Gasteiger partial charge in [-0.25, -0.2) is 4.79 Å². The zero-order chi connectivity index (χ0) is 29.9. The van der Waals surface area contributed by atoms with Gasteiger partial charge in [-0.05, 0) is 47.8 Å². The lowest BCUT2D eigenvalue weighted by molar-refractivity contribution is -0.142. The van der Waals surface area contributed by atoms with Gasteiger partial charge >= 0.3 is 5.97 Å². The van der Waals surface area contributed by atoms with E-state index >= 15 is 0 Å². The Labute approximate surface area is 241 Å². The van der Waals surface area contributed by atoms with E-state index in [1.165, 1.54) is 23.9 Å². The highest BCUT2D eigenvalue weighted by atomic mass is 32.2. The Morgan fingerprint density at radius 3 is 2.15 bits per heavy atom. The number of hydrogen-bond acceptors (Lipinski definition) is 8. The molecule has 2 aromatic carbocycles. The third kappa shape index (κ3) is 8.96. The number of aromatic nitrogens is 1. The molecule has 41 heavy (non-hydrogen) atoms. The van der Waals surface area contributed by atoms with Crippen LogP contribution >= 0.6 is 11.8 Å². The van der Waals surface area contributed by atoms with Crippen molar-refractivity contribution in [2.24, 2.45) is 5.73 Å². The van der Waals surface area contributed by atoms with Crippen LogP contribution in [0.5, 0.6) is 5.75 Å². The summed E-state index contributed by atoms with van der Waals surface area (Å²) in [6, 6.07) is 8.60. The number of aromatic amines is 1. The van der Waals surface area contributed by atoms with Gasteiger partial charge in [0.15, 0.2) is 0 Å². The molecular formula is C28H35N5O7S. The van der Waals surface area contributed by atoms with Crippen LogP contribution < -0.4 is 21.7 Å². The van der Waals surface area contributed by atoms with Crippen LogP contribution in [-0.4, -0.2) is 86.8 Å². The molecule has 4 unspecified atom stereocenters. The Hall–Kier alpha value is -4.07. The first-order valence-electron chi connectivity index (χ1n) is 12.9. The van der Waals surface area contributed by atoms with Crippen molar-refractivity contribution < 1.29 is 34.5 Å². The number of rotatable bonds is 15. The predicted molar refractivity (Wildman–Crippen MR) is 155 cm³/mol. The van der Waals surface area contributed by atoms with E-state index in [-0.39, 0.29) is 25.0 Å². The number of aromatic hydroxyl groups is 1. The lowest BCUT2D eigenvalue weighted by atomic mass is 10.0. The molecule has 1 heterocycles. The number of hydrogen-bond donors (Lipinski definition) is 8. The van der Waals surface area contributed by atoms with E-state index in [2.05, 4.69) is 20.9 Å². The van der Waals surface area contributed by atoms with Crippen molar-refractivity contribution >= 4 is 46.4 Å². The molecule has 12 nitrogen and oxygen atoms in total. The first-order chi connectivity index (χ1) is 19.6. The molecule has 0 saturated heterocycles. The van der Waals surface area contributed by atoms with Crippen LogP contribution in [0.25, 0.3) is 10.9 Å². The molecule has 0 radical (unpaired) electrons. The topological polar surface area (TPSA) is 207 Å². The number of carbonyl (C=O) groups is 4. The maximum Gasteiger partial charge on any atom is 0.326 e. The zero-order valence-corrected chi connectivity index (χ0v) is 23.3. The number of nitrogens with one attached hydrogen (secondary N) is 4. The van der Waals surface area contributed by atoms with Gasteiger partial charge in [0, 0.05) is 29.9 Å². The standard InChI is InChI=1S/C28H35N5O7S/c1-41-11-10-22(28(39)40)31-27(38)24(13-17-14-30-21-5-3-2-4-19(17)21)33-26(37)23(32-25(36)20(29)15-34)12-16-6-8-18(35)9-7-16/h2-9,14,20,22-24,30,34-35H,10-13,15,29H2,1H3,(H,31,38)(H,32,36)(H,33,37)(H,39,40). The number of benzene rings is 2. The highest BCUT2D eigenvalue weighted by molar-refractivity contribution is 7.98. The summed E-state index contributed by atoms with van der Waals surface area (Å²) in [7, 11) is 0. The SMILES string of the molecule is CSCCC(NC(=O)C(Cc1c[nH]c2ccccc12)NC(=O)C(Cc1ccc(O)cc1)NC(=O)C(N)CO)C(=O)O. The van der Waals surface area contributed by atoms with E-state index in [9.17, 15) is 34.5 Å². The smallest absolute Gasteiger partial charge is 0.326 e. The second-order valence-electron chi connectivity index (χ2n) is 9.53. The molecule has 9 N–H and O–H groups in total. The van der Waals surface area contributed by atoms with Gasteiger partial charge in [0.2, 0.25) is 17.7 Å². The van der Waals surface area contributed by atoms with Crippen molar-refractivity contribution in [1.82, 2.24) is 20.9 Å². The number of phenolic OH excluding ortho intramolecular Hbond substituents is 1. The van der Waals surface area contributed by atoms with Crippen LogP contribution in [-0.2, 0) is 32.0 Å². The summed E-state index contributed by atoms with van der Waals surface area (Å²) < 4.78 is 0. The van der Waals surface area contributed by atoms with Crippen LogP contribution in [0.15, 0.2) is 54.7 Å². The number of carboxylic acid groups (broad SMARTS) is 1. The summed E-state index contributed by atoms with van der Waals surface area (Å²) in [5.41, 5.74) is 7.79. The maximum atomic E-state index is 13.6. The van der Waals surface area contributed by atoms with Crippen molar-refractivity contribution in [2.45, 2.75) is 43.4 Å². The van der Waals surface area contributed by atoms with Crippen LogP contribution in [0.3, 0.4) is 0 Å². The van der Waals surface area contributed by atoms with E-state index in [4.69, 9.17) is 5.73 Å². The van der Waals surface area contributed by atoms with Crippen LogP contribution in [0.4, 0.5) is 0 Å². The Bertz CT molecular complexity index is 1350. The van der Waals surface area contributed by atoms with Crippen molar-refractivity contribution in [3.05, 3.63) is 65.9 Å². The summed E-state index contributed by atoms with van der Waals surface area (Å²) in [6.45, 7) is -0.641. The molecule has 3 amide bonds. The molecule has 0 fully saturated rings. The van der Waals surface area contributed by atoms with E-state index in [1.807, 2.05) is 30.5 Å². The van der Waals surface area contributed by atoms with Gasteiger partial charge in [-0.1, -0.05) is 30.3 Å². The molecular weight excluding hydrogens is 550 g/mol. The van der Waals surface area contributed by atoms with E-state index < -0.39 is 54.5 Å². The van der Waals surface area contributed by atoms with Crippen LogP contribution in [0, 0.1) is 0 Å². The Kier molecular flexibility index (Phi) is 11.6. The zero-order valence-electron chi connectivity index (χ0n) is 22.5. The molecule has 0 aliphatic rings. The minimum atomic E-state index is -1.27. The predicted octanol–water partition coefficient (Wildman–Crippen LogP) is 0.270. The van der Waals surface area contributed by atoms with E-state index in [0.29, 0.717) is 11.3 Å². The number of fused-ring (bicyclic) bond motifs is 1. The molecule has 0 aliphatic carbocycles. The van der Waals surface area contributed by atoms with Gasteiger partial charge in [-0.3, -0.25) is 14.4 Å². The number of thioether (sulfide) groups is 1. The molecule has 0 bridgehead atoms. The largest absolute Gasteiger partial charge is 0.508 e. The Balaban J connectivity index is 1.89. The molecule has 3 aromatic rings. The van der Waals surface area contributed by atoms with Crippen LogP contribution in [0.1, 0.15) is 17.5 Å². The normalized spacial score (nSPS) is 14.0. The second-order valence-corrected chi connectivity index (χ2v) is 10.5. The molecule has 0 aliphatic heterocycles. The molecule has 0 saturated carbocycles. The first-order valence-corrected chi connectivity index (χ1v) is 14.3. The van der Waals surface area contributed by atoms with Crippen molar-refractivity contribution in [2.75, 3.05) is 18.6 Å². The minimum absolute atomic E-state index is 0.0110. The van der Waals surface area contributed by atoms with Crippen molar-refractivity contribution in [1.29, 1.82) is 0 Å². The van der Waals surface area contributed by atoms with E-state index in [0.717, 1.165) is 16.5 Å². The summed E-state index contributed by atoms with van der Waals surface area (Å²) in [4.78, 5) is 54.5. The number of H-pyrrole nitrogens is 1. The summed E-state index contributed by atoms with van der Waals surface area (Å²) in [6.07, 6.45) is 3.76. The van der Waals surface area contributed by atoms with Gasteiger partial charge in [-0.15, -0.1) is 0 Å². The monoisotopic (exact) mass is 585 g/mol. The number of aliphatic hydroxyl groups excluding tert-OH is 1. The van der Waals surface area contributed by atoms with Crippen molar-refractivity contribution in [3.63, 3.8) is 0 Å². The van der Waals surface area contributed by atoms with Crippen LogP contribution in [0.2, 0.25) is 0 Å². The fourth-order valence-electron chi connectivity index (χ4n) is 4.21. The van der Waals surface area contributed by atoms with Gasteiger partial charge in [-0.2, -0.15) is 11.8 Å². The molecule has 4 atom stereocenters. The number of nitrogens with two attached hydrogens (primary N) is 1. The molecule has 1 aromatic heterocycles. The molecule has 13 heteroatoms. The number of carbonyl (C=O) groups excluding carboxylic acids is 3. The lowest BCUT2D eigenvalue weighted by Gasteiger charge is -2.25. The summed E-state index contributed by atoms with van der Waals surface area (Å²) in [5, 5.41) is 37.1. The maximum absolute atomic E-state index is 13.6. The first kappa shape index (κ1) is 31.5. The second kappa shape index (κ2) is 15.1. The third-order valence-electron chi connectivity index (χ3n) is 6.50. The lowest BCUT2D eigenvalue weighted by Crippen LogP contribution is -2.58. The highest BCUT2D eigenvalue weighted by Gasteiger charge is 2.31. The number of phenols is 1. The Morgan fingerprint density at radius 1 is 0.902 bits per heavy atom. The number of para-hydroxylation sites is 1. The average molecular weight is 586 g/mol. The number of carboxylic acids is 1. The van der Waals surface area contributed by atoms with Gasteiger partial charge < -0.3 is 42.0 Å². The summed E-state index contributed by atoms with van der Waals surface area (Å²) in [5.74, 6) is -2.85. The van der Waals surface area contributed by atoms with Gasteiger partial charge in [0.05, 0.1) is 6.61 Å². The molecule has 3 rings (SSSR count). The average Bonchev–Trinajstić information content (AvgIpc) is 3.37. The molecule has 0 spiro atoms. The van der Waals surface area contributed by atoms with Gasteiger partial charge in [0.1, 0.15) is 29.9 Å². The number of amides is 3. The minimum Gasteiger partial charge on any atom is -0.508 e. The van der Waals surface area contributed by atoms with Crippen molar-refractivity contribution in [3.8, 4) is 5.75 Å². The highest BCUT2D eigenvalue weighted by Crippen LogP contribution is 2.20. The number of aliphatic carboxylic acids is 1. The quantitative estimate of drug-likeness (QED) is 0.123. The summed E-state index contributed by atoms with van der Waals surface area (Å²) >= 11 is 1.44.